The van der Waals surface area contributed by atoms with Gasteiger partial charge < -0.3 is 5.41 Å². The van der Waals surface area contributed by atoms with Crippen LogP contribution in [0.5, 0.6) is 0 Å². The number of nitriles is 3. The van der Waals surface area contributed by atoms with Crippen molar-refractivity contribution in [3.8, 4) is 23.9 Å². The van der Waals surface area contributed by atoms with E-state index in [1.807, 2.05) is 48.9 Å². The lowest BCUT2D eigenvalue weighted by Gasteiger charge is -2.45. The van der Waals surface area contributed by atoms with Crippen LogP contribution in [-0.4, -0.2) is 15.5 Å². The Kier molecular flexibility index (Phi) is 4.76. The maximum Gasteiger partial charge on any atom is 0.189 e. The van der Waals surface area contributed by atoms with Gasteiger partial charge in [0.2, 0.25) is 0 Å². The molecule has 3 atom stereocenters. The van der Waals surface area contributed by atoms with Crippen LogP contribution in [0.25, 0.3) is 5.69 Å². The Labute approximate surface area is 176 Å². The third-order valence-corrected chi connectivity index (χ3v) is 6.58. The van der Waals surface area contributed by atoms with Crippen LogP contribution in [0.4, 0.5) is 0 Å². The van der Waals surface area contributed by atoms with Crippen LogP contribution in [0.1, 0.15) is 42.1 Å². The summed E-state index contributed by atoms with van der Waals surface area (Å²) >= 11 is 0. The molecule has 0 saturated heterocycles. The molecule has 1 aromatic heterocycles. The normalized spacial score (nSPS) is 24.7. The highest BCUT2D eigenvalue weighted by Gasteiger charge is 2.58. The zero-order valence-electron chi connectivity index (χ0n) is 17.1. The average molecular weight is 394 g/mol. The molecule has 6 heteroatoms. The third-order valence-electron chi connectivity index (χ3n) is 6.58. The predicted molar refractivity (Wildman–Crippen MR) is 112 cm³/mol. The van der Waals surface area contributed by atoms with Gasteiger partial charge in [-0.05, 0) is 56.7 Å². The van der Waals surface area contributed by atoms with Gasteiger partial charge in [-0.3, -0.25) is 0 Å². The summed E-state index contributed by atoms with van der Waals surface area (Å²) in [5, 5.41) is 43.6. The van der Waals surface area contributed by atoms with Crippen LogP contribution in [-0.2, 0) is 0 Å². The molecule has 0 radical (unpaired) electrons. The zero-order valence-corrected chi connectivity index (χ0v) is 17.1. The Hall–Kier alpha value is -3.69. The van der Waals surface area contributed by atoms with Crippen molar-refractivity contribution in [2.45, 2.75) is 39.0 Å². The van der Waals surface area contributed by atoms with E-state index in [9.17, 15) is 15.8 Å². The molecule has 0 amide bonds. The molecule has 2 aliphatic carbocycles. The van der Waals surface area contributed by atoms with Crippen molar-refractivity contribution in [3.63, 3.8) is 0 Å². The summed E-state index contributed by atoms with van der Waals surface area (Å²) < 4.78 is 1.84. The molecule has 0 aliphatic heterocycles. The molecule has 1 aromatic carbocycles. The molecule has 2 aliphatic rings. The summed E-state index contributed by atoms with van der Waals surface area (Å²) in [6.07, 6.45) is 4.64. The van der Waals surface area contributed by atoms with Gasteiger partial charge in [-0.15, -0.1) is 0 Å². The second-order valence-electron chi connectivity index (χ2n) is 8.06. The summed E-state index contributed by atoms with van der Waals surface area (Å²) in [5.74, 6) is -1.45. The Balaban J connectivity index is 1.98. The van der Waals surface area contributed by atoms with Crippen molar-refractivity contribution in [3.05, 3.63) is 58.9 Å². The minimum Gasteiger partial charge on any atom is -0.305 e. The van der Waals surface area contributed by atoms with E-state index in [4.69, 9.17) is 10.5 Å². The fourth-order valence-corrected chi connectivity index (χ4v) is 5.25. The molecule has 0 bridgehead atoms. The molecule has 148 valence electrons. The summed E-state index contributed by atoms with van der Waals surface area (Å²) in [4.78, 5) is 0. The molecular weight excluding hydrogens is 372 g/mol. The molecule has 1 N–H and O–H groups in total. The lowest BCUT2D eigenvalue weighted by atomic mass is 9.53. The number of hydrogen-bond donors (Lipinski definition) is 1. The van der Waals surface area contributed by atoms with Crippen molar-refractivity contribution < 1.29 is 0 Å². The number of fused-ring (bicyclic) bond motifs is 1. The van der Waals surface area contributed by atoms with Gasteiger partial charge in [0, 0.05) is 17.2 Å². The van der Waals surface area contributed by atoms with Gasteiger partial charge in [-0.1, -0.05) is 24.3 Å². The van der Waals surface area contributed by atoms with Gasteiger partial charge in [0.05, 0.1) is 35.3 Å². The van der Waals surface area contributed by atoms with Gasteiger partial charge in [0.25, 0.3) is 0 Å². The van der Waals surface area contributed by atoms with Gasteiger partial charge in [-0.25, -0.2) is 4.68 Å². The SMILES string of the molecule is Cc1nn(-c2ccccc2)c(C)c1[C@H]1[C@@H]2CCCC=C2[C@@H](C#N)C(=N)C1(C#N)C#N. The van der Waals surface area contributed by atoms with E-state index in [0.29, 0.717) is 0 Å². The number of benzene rings is 1. The highest BCUT2D eigenvalue weighted by molar-refractivity contribution is 6.00. The number of para-hydroxylation sites is 1. The first-order chi connectivity index (χ1) is 14.5. The number of nitrogens with zero attached hydrogens (tertiary/aromatic N) is 5. The van der Waals surface area contributed by atoms with Crippen molar-refractivity contribution in [1.29, 1.82) is 21.2 Å². The smallest absolute Gasteiger partial charge is 0.189 e. The fraction of sp³-hybridized carbons (Fsp3) is 0.375. The maximum absolute atomic E-state index is 10.2. The van der Waals surface area contributed by atoms with Crippen molar-refractivity contribution in [2.75, 3.05) is 0 Å². The molecular formula is C24H22N6. The van der Waals surface area contributed by atoms with Crippen LogP contribution in [0, 0.1) is 70.5 Å². The number of nitrogens with one attached hydrogen (secondary N) is 1. The van der Waals surface area contributed by atoms with Crippen LogP contribution in [0.15, 0.2) is 42.0 Å². The van der Waals surface area contributed by atoms with E-state index < -0.39 is 17.3 Å². The monoisotopic (exact) mass is 394 g/mol. The third kappa shape index (κ3) is 2.60. The largest absolute Gasteiger partial charge is 0.305 e. The Morgan fingerprint density at radius 2 is 1.83 bits per heavy atom. The Morgan fingerprint density at radius 1 is 1.13 bits per heavy atom. The van der Waals surface area contributed by atoms with Crippen molar-refractivity contribution in [2.24, 2.45) is 17.3 Å². The molecule has 1 saturated carbocycles. The van der Waals surface area contributed by atoms with E-state index in [1.165, 1.54) is 0 Å². The van der Waals surface area contributed by atoms with E-state index in [2.05, 4.69) is 24.3 Å². The van der Waals surface area contributed by atoms with Crippen LogP contribution >= 0.6 is 0 Å². The summed E-state index contributed by atoms with van der Waals surface area (Å²) in [5.41, 5.74) is 2.49. The lowest BCUT2D eigenvalue weighted by Crippen LogP contribution is -2.49. The molecule has 0 spiro atoms. The molecule has 1 heterocycles. The van der Waals surface area contributed by atoms with Crippen molar-refractivity contribution >= 4 is 5.71 Å². The van der Waals surface area contributed by atoms with E-state index in [1.54, 1.807) is 0 Å². The Bertz CT molecular complexity index is 1150. The topological polar surface area (TPSA) is 113 Å². The highest BCUT2D eigenvalue weighted by atomic mass is 15.3. The highest BCUT2D eigenvalue weighted by Crippen LogP contribution is 2.56. The van der Waals surface area contributed by atoms with Gasteiger partial charge in [0.1, 0.15) is 5.92 Å². The van der Waals surface area contributed by atoms with Crippen molar-refractivity contribution in [1.82, 2.24) is 9.78 Å². The van der Waals surface area contributed by atoms with E-state index >= 15 is 0 Å². The Morgan fingerprint density at radius 3 is 2.47 bits per heavy atom. The van der Waals surface area contributed by atoms with Crippen LogP contribution in [0.2, 0.25) is 0 Å². The number of hydrogen-bond acceptors (Lipinski definition) is 5. The predicted octanol–water partition coefficient (Wildman–Crippen LogP) is 4.51. The molecule has 2 aromatic rings. The first-order valence-corrected chi connectivity index (χ1v) is 10.1. The van der Waals surface area contributed by atoms with Gasteiger partial charge in [0.15, 0.2) is 5.41 Å². The first-order valence-electron chi connectivity index (χ1n) is 10.1. The van der Waals surface area contributed by atoms with Gasteiger partial charge >= 0.3 is 0 Å². The molecule has 1 fully saturated rings. The number of allylic oxidation sites excluding steroid dienone is 2. The lowest BCUT2D eigenvalue weighted by molar-refractivity contribution is 0.318. The standard InChI is InChI=1S/C24H22N6/c1-15-21(16(2)30(29-15)17-8-4-3-5-9-17)22-19-11-7-6-10-18(19)20(12-25)23(28)24(22,13-26)14-27/h3-5,8-10,19-20,22,28H,6-7,11H2,1-2H3/t19-,20-,22-/m1/s1. The maximum atomic E-state index is 10.2. The molecule has 0 unspecified atom stereocenters. The van der Waals surface area contributed by atoms with E-state index in [0.717, 1.165) is 47.5 Å². The molecule has 6 nitrogen and oxygen atoms in total. The number of rotatable bonds is 2. The quantitative estimate of drug-likeness (QED) is 0.755. The number of aryl methyl sites for hydroxylation is 1. The molecule has 4 rings (SSSR count). The number of aromatic nitrogens is 2. The molecule has 30 heavy (non-hydrogen) atoms. The van der Waals surface area contributed by atoms with Crippen LogP contribution < -0.4 is 0 Å². The summed E-state index contributed by atoms with van der Waals surface area (Å²) in [6.45, 7) is 3.85. The second kappa shape index (κ2) is 7.29. The average Bonchev–Trinajstić information content (AvgIpc) is 3.07. The van der Waals surface area contributed by atoms with E-state index in [-0.39, 0.29) is 11.6 Å². The van der Waals surface area contributed by atoms with Crippen LogP contribution in [0.3, 0.4) is 0 Å². The first kappa shape index (κ1) is 19.6. The minimum atomic E-state index is -1.68. The second-order valence-corrected chi connectivity index (χ2v) is 8.06. The summed E-state index contributed by atoms with van der Waals surface area (Å²) in [7, 11) is 0. The van der Waals surface area contributed by atoms with Gasteiger partial charge in [-0.2, -0.15) is 20.9 Å². The fourth-order valence-electron chi connectivity index (χ4n) is 5.25. The summed E-state index contributed by atoms with van der Waals surface area (Å²) in [6, 6.07) is 16.3. The minimum absolute atomic E-state index is 0.101. The zero-order chi connectivity index (χ0) is 21.5.